The molecule has 176 valence electrons. The van der Waals surface area contributed by atoms with E-state index in [9.17, 15) is 9.59 Å². The third kappa shape index (κ3) is 6.01. The molecule has 2 aromatic carbocycles. The number of hydrogen-bond donors (Lipinski definition) is 1. The Balaban J connectivity index is 1.47. The monoisotopic (exact) mass is 449 g/mol. The molecule has 0 aliphatic carbocycles. The van der Waals surface area contributed by atoms with Crippen molar-refractivity contribution in [2.24, 2.45) is 5.92 Å². The third-order valence-electron chi connectivity index (χ3n) is 7.00. The number of carbonyl (C=O) groups excluding carboxylic acids is 2. The summed E-state index contributed by atoms with van der Waals surface area (Å²) in [6, 6.07) is 20.4. The van der Waals surface area contributed by atoms with E-state index in [1.54, 1.807) is 7.11 Å². The van der Waals surface area contributed by atoms with Gasteiger partial charge in [-0.1, -0.05) is 60.7 Å². The maximum Gasteiger partial charge on any atom is 0.237 e. The van der Waals surface area contributed by atoms with Gasteiger partial charge in [-0.2, -0.15) is 0 Å². The number of piperazine rings is 1. The summed E-state index contributed by atoms with van der Waals surface area (Å²) in [5.74, 6) is 0.698. The largest absolute Gasteiger partial charge is 0.384 e. The molecule has 0 spiro atoms. The smallest absolute Gasteiger partial charge is 0.237 e. The molecule has 2 amide bonds. The number of ether oxygens (including phenoxy) is 1. The maximum atomic E-state index is 13.1. The van der Waals surface area contributed by atoms with Crippen molar-refractivity contribution in [3.63, 3.8) is 0 Å². The highest BCUT2D eigenvalue weighted by atomic mass is 16.5. The molecule has 2 fully saturated rings. The fraction of sp³-hybridized carbons (Fsp3) is 0.481. The van der Waals surface area contributed by atoms with Gasteiger partial charge in [0, 0.05) is 52.4 Å². The lowest BCUT2D eigenvalue weighted by Gasteiger charge is -2.39. The van der Waals surface area contributed by atoms with Crippen molar-refractivity contribution in [1.29, 1.82) is 0 Å². The third-order valence-corrected chi connectivity index (χ3v) is 7.00. The van der Waals surface area contributed by atoms with E-state index in [1.807, 2.05) is 17.0 Å². The molecule has 0 bridgehead atoms. The first-order valence-electron chi connectivity index (χ1n) is 12.0. The molecule has 1 unspecified atom stereocenters. The van der Waals surface area contributed by atoms with E-state index in [4.69, 9.17) is 4.74 Å². The summed E-state index contributed by atoms with van der Waals surface area (Å²) >= 11 is 0. The zero-order valence-corrected chi connectivity index (χ0v) is 19.5. The quantitative estimate of drug-likeness (QED) is 0.673. The molecule has 1 atom stereocenters. The molecule has 0 aromatic heterocycles. The van der Waals surface area contributed by atoms with Gasteiger partial charge in [0.1, 0.15) is 0 Å². The number of nitrogens with one attached hydrogen (secondary N) is 1. The standard InChI is InChI=1S/C27H35N3O3/c1-33-20-21-12-15-29(16-13-21)26(31)18-25-27(32)28-14-17-30(25)19-24(22-8-4-2-5-9-22)23-10-6-3-7-11-23/h2-11,21,24-25H,12-20H2,1H3,(H,28,32). The minimum atomic E-state index is -0.433. The van der Waals surface area contributed by atoms with Crippen molar-refractivity contribution < 1.29 is 14.3 Å². The number of piperidine rings is 1. The Hall–Kier alpha value is -2.70. The van der Waals surface area contributed by atoms with E-state index in [0.717, 1.165) is 39.1 Å². The van der Waals surface area contributed by atoms with Crippen LogP contribution in [-0.2, 0) is 14.3 Å². The molecule has 2 aliphatic rings. The average Bonchev–Trinajstić information content (AvgIpc) is 2.86. The number of carbonyl (C=O) groups is 2. The van der Waals surface area contributed by atoms with Crippen molar-refractivity contribution >= 4 is 11.8 Å². The van der Waals surface area contributed by atoms with Crippen LogP contribution in [0.25, 0.3) is 0 Å². The van der Waals surface area contributed by atoms with E-state index in [2.05, 4.69) is 58.7 Å². The lowest BCUT2D eigenvalue weighted by Crippen LogP contribution is -2.57. The summed E-state index contributed by atoms with van der Waals surface area (Å²) in [6.07, 6.45) is 2.16. The first-order valence-corrected chi connectivity index (χ1v) is 12.0. The second-order valence-corrected chi connectivity index (χ2v) is 9.16. The second-order valence-electron chi connectivity index (χ2n) is 9.16. The van der Waals surface area contributed by atoms with E-state index in [0.29, 0.717) is 19.0 Å². The van der Waals surface area contributed by atoms with Crippen molar-refractivity contribution in [3.8, 4) is 0 Å². The number of amides is 2. The summed E-state index contributed by atoms with van der Waals surface area (Å²) in [5, 5.41) is 2.98. The second kappa shape index (κ2) is 11.4. The Morgan fingerprint density at radius 3 is 2.18 bits per heavy atom. The molecule has 0 radical (unpaired) electrons. The van der Waals surface area contributed by atoms with Crippen LogP contribution in [0.1, 0.15) is 36.3 Å². The fourth-order valence-electron chi connectivity index (χ4n) is 5.09. The zero-order valence-electron chi connectivity index (χ0n) is 19.5. The first-order chi connectivity index (χ1) is 16.2. The van der Waals surface area contributed by atoms with Crippen LogP contribution in [0.3, 0.4) is 0 Å². The number of methoxy groups -OCH3 is 1. The highest BCUT2D eigenvalue weighted by Gasteiger charge is 2.35. The number of likely N-dealkylation sites (tertiary alicyclic amines) is 1. The summed E-state index contributed by atoms with van der Waals surface area (Å²) < 4.78 is 5.27. The molecule has 4 rings (SSSR count). The molecule has 2 aliphatic heterocycles. The number of hydrogen-bond acceptors (Lipinski definition) is 4. The van der Waals surface area contributed by atoms with Crippen molar-refractivity contribution in [3.05, 3.63) is 71.8 Å². The van der Waals surface area contributed by atoms with Crippen molar-refractivity contribution in [2.45, 2.75) is 31.2 Å². The van der Waals surface area contributed by atoms with Gasteiger partial charge in [0.15, 0.2) is 0 Å². The minimum Gasteiger partial charge on any atom is -0.384 e. The number of benzene rings is 2. The van der Waals surface area contributed by atoms with E-state index in [-0.39, 0.29) is 24.2 Å². The van der Waals surface area contributed by atoms with Crippen LogP contribution in [0.5, 0.6) is 0 Å². The van der Waals surface area contributed by atoms with Crippen LogP contribution < -0.4 is 5.32 Å². The van der Waals surface area contributed by atoms with Crippen LogP contribution in [0.2, 0.25) is 0 Å². The predicted octanol–water partition coefficient (Wildman–Crippen LogP) is 2.89. The van der Waals surface area contributed by atoms with E-state index >= 15 is 0 Å². The zero-order chi connectivity index (χ0) is 23.0. The van der Waals surface area contributed by atoms with Crippen LogP contribution in [0.4, 0.5) is 0 Å². The maximum absolute atomic E-state index is 13.1. The predicted molar refractivity (Wildman–Crippen MR) is 129 cm³/mol. The Morgan fingerprint density at radius 1 is 1.00 bits per heavy atom. The Bertz CT molecular complexity index is 858. The highest BCUT2D eigenvalue weighted by Crippen LogP contribution is 2.28. The van der Waals surface area contributed by atoms with Gasteiger partial charge in [0.05, 0.1) is 12.5 Å². The van der Waals surface area contributed by atoms with Gasteiger partial charge in [-0.3, -0.25) is 14.5 Å². The van der Waals surface area contributed by atoms with Gasteiger partial charge in [-0.05, 0) is 29.9 Å². The van der Waals surface area contributed by atoms with Crippen LogP contribution in [0, 0.1) is 5.92 Å². The van der Waals surface area contributed by atoms with Crippen molar-refractivity contribution in [2.75, 3.05) is 46.4 Å². The number of rotatable bonds is 8. The fourth-order valence-corrected chi connectivity index (χ4v) is 5.09. The van der Waals surface area contributed by atoms with Crippen LogP contribution in [0.15, 0.2) is 60.7 Å². The molecular formula is C27H35N3O3. The number of nitrogens with zero attached hydrogens (tertiary/aromatic N) is 2. The van der Waals surface area contributed by atoms with Crippen LogP contribution in [-0.4, -0.2) is 74.1 Å². The molecule has 2 aromatic rings. The van der Waals surface area contributed by atoms with E-state index in [1.165, 1.54) is 11.1 Å². The molecule has 1 N–H and O–H groups in total. The first kappa shape index (κ1) is 23.5. The van der Waals surface area contributed by atoms with Gasteiger partial charge in [-0.15, -0.1) is 0 Å². The highest BCUT2D eigenvalue weighted by molar-refractivity contribution is 5.89. The van der Waals surface area contributed by atoms with Gasteiger partial charge in [0.2, 0.25) is 11.8 Å². The topological polar surface area (TPSA) is 61.9 Å². The Morgan fingerprint density at radius 2 is 1.61 bits per heavy atom. The average molecular weight is 450 g/mol. The summed E-state index contributed by atoms with van der Waals surface area (Å²) in [7, 11) is 1.73. The molecule has 0 saturated carbocycles. The molecule has 2 heterocycles. The molecule has 33 heavy (non-hydrogen) atoms. The minimum absolute atomic E-state index is 0.0382. The molecule has 6 heteroatoms. The summed E-state index contributed by atoms with van der Waals surface area (Å²) in [4.78, 5) is 30.1. The van der Waals surface area contributed by atoms with Crippen LogP contribution >= 0.6 is 0 Å². The lowest BCUT2D eigenvalue weighted by atomic mass is 9.90. The van der Waals surface area contributed by atoms with Gasteiger partial charge in [0.25, 0.3) is 0 Å². The molecule has 2 saturated heterocycles. The van der Waals surface area contributed by atoms with Gasteiger partial charge >= 0.3 is 0 Å². The normalized spacial score (nSPS) is 20.1. The molecular weight excluding hydrogens is 414 g/mol. The van der Waals surface area contributed by atoms with Gasteiger partial charge < -0.3 is 15.0 Å². The SMILES string of the molecule is COCC1CCN(C(=O)CC2C(=O)NCCN2CC(c2ccccc2)c2ccccc2)CC1. The Labute approximate surface area is 196 Å². The van der Waals surface area contributed by atoms with Crippen molar-refractivity contribution in [1.82, 2.24) is 15.1 Å². The molecule has 6 nitrogen and oxygen atoms in total. The van der Waals surface area contributed by atoms with Gasteiger partial charge in [-0.25, -0.2) is 0 Å². The summed E-state index contributed by atoms with van der Waals surface area (Å²) in [5.41, 5.74) is 2.44. The summed E-state index contributed by atoms with van der Waals surface area (Å²) in [6.45, 7) is 4.31. The Kier molecular flexibility index (Phi) is 8.13. The van der Waals surface area contributed by atoms with E-state index < -0.39 is 6.04 Å². The lowest BCUT2D eigenvalue weighted by molar-refractivity contribution is -0.140.